The van der Waals surface area contributed by atoms with E-state index in [4.69, 9.17) is 0 Å². The van der Waals surface area contributed by atoms with Gasteiger partial charge >= 0.3 is 0 Å². The molecule has 1 heterocycles. The molecule has 0 bridgehead atoms. The Labute approximate surface area is 173 Å². The lowest BCUT2D eigenvalue weighted by molar-refractivity contribution is 0.0951. The molecule has 4 rings (SSSR count). The predicted octanol–water partition coefficient (Wildman–Crippen LogP) is 5.63. The molecular weight excluding hydrogens is 358 g/mol. The topological polar surface area (TPSA) is 44.4 Å². The standard InChI is InChI=1S/C25H29N3O/c29-25(26-16-15-20-7-2-3-8-20)21-9-6-10-23(19-21)27-22-11-13-24(14-12-22)28-17-4-1-5-18-28/h1,4-6,9-14,17,19-20,27H,2-3,7-8,15-16,18H2,(H,26,29). The van der Waals surface area contributed by atoms with Crippen LogP contribution in [0.3, 0.4) is 0 Å². The van der Waals surface area contributed by atoms with Gasteiger partial charge in [0.2, 0.25) is 0 Å². The van der Waals surface area contributed by atoms with E-state index in [-0.39, 0.29) is 5.91 Å². The van der Waals surface area contributed by atoms with Crippen molar-refractivity contribution in [3.05, 3.63) is 78.5 Å². The molecule has 0 radical (unpaired) electrons. The van der Waals surface area contributed by atoms with Gasteiger partial charge < -0.3 is 15.5 Å². The summed E-state index contributed by atoms with van der Waals surface area (Å²) in [7, 11) is 0. The molecule has 1 aliphatic heterocycles. The Hall–Kier alpha value is -3.01. The average molecular weight is 388 g/mol. The van der Waals surface area contributed by atoms with Crippen molar-refractivity contribution in [2.45, 2.75) is 32.1 Å². The first-order valence-corrected chi connectivity index (χ1v) is 10.6. The zero-order valence-electron chi connectivity index (χ0n) is 16.8. The Kier molecular flexibility index (Phi) is 6.30. The van der Waals surface area contributed by atoms with Crippen LogP contribution in [-0.2, 0) is 0 Å². The summed E-state index contributed by atoms with van der Waals surface area (Å²) in [5, 5.41) is 6.48. The lowest BCUT2D eigenvalue weighted by Gasteiger charge is -2.21. The molecule has 0 aromatic heterocycles. The quantitative estimate of drug-likeness (QED) is 0.647. The van der Waals surface area contributed by atoms with Crippen LogP contribution in [0.25, 0.3) is 0 Å². The van der Waals surface area contributed by atoms with Crippen LogP contribution in [0.5, 0.6) is 0 Å². The van der Waals surface area contributed by atoms with Gasteiger partial charge in [-0.25, -0.2) is 0 Å². The second-order valence-electron chi connectivity index (χ2n) is 7.87. The van der Waals surface area contributed by atoms with Crippen molar-refractivity contribution in [3.8, 4) is 0 Å². The van der Waals surface area contributed by atoms with Crippen LogP contribution in [0.1, 0.15) is 42.5 Å². The fourth-order valence-corrected chi connectivity index (χ4v) is 4.09. The molecule has 2 aliphatic rings. The van der Waals surface area contributed by atoms with Gasteiger partial charge in [-0.3, -0.25) is 4.79 Å². The summed E-state index contributed by atoms with van der Waals surface area (Å²) in [6.07, 6.45) is 14.7. The fraction of sp³-hybridized carbons (Fsp3) is 0.320. The third-order valence-electron chi connectivity index (χ3n) is 5.74. The number of allylic oxidation sites excluding steroid dienone is 2. The van der Waals surface area contributed by atoms with E-state index < -0.39 is 0 Å². The Bertz CT molecular complexity index is 879. The summed E-state index contributed by atoms with van der Waals surface area (Å²) in [6, 6.07) is 16.0. The molecule has 0 saturated heterocycles. The minimum atomic E-state index is 0.00642. The molecule has 1 aliphatic carbocycles. The molecule has 2 N–H and O–H groups in total. The number of benzene rings is 2. The van der Waals surface area contributed by atoms with E-state index in [1.165, 1.54) is 25.7 Å². The Morgan fingerprint density at radius 1 is 1.00 bits per heavy atom. The van der Waals surface area contributed by atoms with Crippen LogP contribution in [0.15, 0.2) is 73.0 Å². The van der Waals surface area contributed by atoms with Crippen molar-refractivity contribution in [2.24, 2.45) is 5.92 Å². The van der Waals surface area contributed by atoms with Gasteiger partial charge in [0.05, 0.1) is 0 Å². The first-order chi connectivity index (χ1) is 14.3. The Morgan fingerprint density at radius 3 is 2.59 bits per heavy atom. The molecular formula is C25H29N3O. The van der Waals surface area contributed by atoms with E-state index in [1.807, 2.05) is 30.3 Å². The maximum absolute atomic E-state index is 12.5. The molecule has 2 aromatic carbocycles. The predicted molar refractivity (Wildman–Crippen MR) is 121 cm³/mol. The number of carbonyl (C=O) groups excluding carboxylic acids is 1. The zero-order chi connectivity index (χ0) is 19.9. The van der Waals surface area contributed by atoms with E-state index >= 15 is 0 Å². The van der Waals surface area contributed by atoms with Crippen LogP contribution in [0.2, 0.25) is 0 Å². The number of nitrogens with one attached hydrogen (secondary N) is 2. The first kappa shape index (κ1) is 19.3. The molecule has 1 fully saturated rings. The van der Waals surface area contributed by atoms with Crippen LogP contribution in [0.4, 0.5) is 17.1 Å². The number of nitrogens with zero attached hydrogens (tertiary/aromatic N) is 1. The molecule has 4 heteroatoms. The highest BCUT2D eigenvalue weighted by Crippen LogP contribution is 2.27. The third kappa shape index (κ3) is 5.29. The number of anilines is 3. The molecule has 0 atom stereocenters. The van der Waals surface area contributed by atoms with Crippen molar-refractivity contribution in [1.82, 2.24) is 5.32 Å². The number of hydrogen-bond acceptors (Lipinski definition) is 3. The van der Waals surface area contributed by atoms with Gasteiger partial charge in [-0.1, -0.05) is 43.9 Å². The maximum atomic E-state index is 12.5. The normalized spacial score (nSPS) is 16.2. The molecule has 2 aromatic rings. The number of hydrogen-bond donors (Lipinski definition) is 2. The Balaban J connectivity index is 1.32. The summed E-state index contributed by atoms with van der Waals surface area (Å²) < 4.78 is 0. The van der Waals surface area contributed by atoms with Gasteiger partial charge in [-0.15, -0.1) is 0 Å². The van der Waals surface area contributed by atoms with Gasteiger partial charge in [0, 0.05) is 41.9 Å². The summed E-state index contributed by atoms with van der Waals surface area (Å²) in [5.41, 5.74) is 3.78. The van der Waals surface area contributed by atoms with Crippen molar-refractivity contribution >= 4 is 23.0 Å². The second kappa shape index (κ2) is 9.46. The molecule has 0 unspecified atom stereocenters. The number of amides is 1. The highest BCUT2D eigenvalue weighted by Gasteiger charge is 2.15. The van der Waals surface area contributed by atoms with Gasteiger partial charge in [-0.05, 0) is 60.9 Å². The summed E-state index contributed by atoms with van der Waals surface area (Å²) in [5.74, 6) is 0.801. The fourth-order valence-electron chi connectivity index (χ4n) is 4.09. The van der Waals surface area contributed by atoms with Crippen molar-refractivity contribution in [1.29, 1.82) is 0 Å². The van der Waals surface area contributed by atoms with Gasteiger partial charge in [0.25, 0.3) is 5.91 Å². The monoisotopic (exact) mass is 387 g/mol. The van der Waals surface area contributed by atoms with Crippen LogP contribution in [-0.4, -0.2) is 19.0 Å². The van der Waals surface area contributed by atoms with Crippen LogP contribution < -0.4 is 15.5 Å². The van der Waals surface area contributed by atoms with E-state index in [0.717, 1.165) is 42.5 Å². The van der Waals surface area contributed by atoms with Gasteiger partial charge in [0.15, 0.2) is 0 Å². The molecule has 150 valence electrons. The van der Waals surface area contributed by atoms with E-state index in [0.29, 0.717) is 5.56 Å². The molecule has 1 saturated carbocycles. The maximum Gasteiger partial charge on any atom is 0.251 e. The van der Waals surface area contributed by atoms with Gasteiger partial charge in [0.1, 0.15) is 0 Å². The number of carbonyl (C=O) groups is 1. The molecule has 4 nitrogen and oxygen atoms in total. The van der Waals surface area contributed by atoms with E-state index in [9.17, 15) is 4.79 Å². The van der Waals surface area contributed by atoms with Gasteiger partial charge in [-0.2, -0.15) is 0 Å². The molecule has 0 spiro atoms. The Morgan fingerprint density at radius 2 is 1.83 bits per heavy atom. The average Bonchev–Trinajstić information content (AvgIpc) is 3.29. The summed E-state index contributed by atoms with van der Waals surface area (Å²) >= 11 is 0. The highest BCUT2D eigenvalue weighted by molar-refractivity contribution is 5.95. The SMILES string of the molecule is O=C(NCCC1CCCC1)c1cccc(Nc2ccc(N3C=CC=CC3)cc2)c1. The number of rotatable bonds is 7. The zero-order valence-corrected chi connectivity index (χ0v) is 16.8. The minimum Gasteiger partial charge on any atom is -0.356 e. The summed E-state index contributed by atoms with van der Waals surface area (Å²) in [4.78, 5) is 14.7. The smallest absolute Gasteiger partial charge is 0.251 e. The van der Waals surface area contributed by atoms with E-state index in [2.05, 4.69) is 58.2 Å². The van der Waals surface area contributed by atoms with Crippen LogP contribution >= 0.6 is 0 Å². The van der Waals surface area contributed by atoms with Crippen LogP contribution in [0, 0.1) is 5.92 Å². The van der Waals surface area contributed by atoms with Crippen molar-refractivity contribution < 1.29 is 4.79 Å². The third-order valence-corrected chi connectivity index (χ3v) is 5.74. The largest absolute Gasteiger partial charge is 0.356 e. The minimum absolute atomic E-state index is 0.00642. The molecule has 29 heavy (non-hydrogen) atoms. The highest BCUT2D eigenvalue weighted by atomic mass is 16.1. The summed E-state index contributed by atoms with van der Waals surface area (Å²) in [6.45, 7) is 1.66. The molecule has 1 amide bonds. The first-order valence-electron chi connectivity index (χ1n) is 10.6. The van der Waals surface area contributed by atoms with Crippen molar-refractivity contribution in [3.63, 3.8) is 0 Å². The van der Waals surface area contributed by atoms with Crippen molar-refractivity contribution in [2.75, 3.05) is 23.3 Å². The lowest BCUT2D eigenvalue weighted by Crippen LogP contribution is -2.25. The van der Waals surface area contributed by atoms with E-state index in [1.54, 1.807) is 0 Å². The lowest BCUT2D eigenvalue weighted by atomic mass is 10.0. The second-order valence-corrected chi connectivity index (χ2v) is 7.87.